The molecule has 0 rings (SSSR count). The van der Waals surface area contributed by atoms with E-state index < -0.39 is 35.3 Å². The molecular formula is C26H44O9. The summed E-state index contributed by atoms with van der Waals surface area (Å²) in [5.74, 6) is -2.85. The van der Waals surface area contributed by atoms with E-state index in [1.807, 2.05) is 6.92 Å². The van der Waals surface area contributed by atoms with Gasteiger partial charge in [0.05, 0.1) is 19.3 Å². The number of aldehydes is 1. The van der Waals surface area contributed by atoms with Crippen LogP contribution in [0.3, 0.4) is 0 Å². The molecule has 0 saturated heterocycles. The third kappa shape index (κ3) is 10.2. The van der Waals surface area contributed by atoms with E-state index in [2.05, 4.69) is 6.92 Å². The molecule has 0 spiro atoms. The summed E-state index contributed by atoms with van der Waals surface area (Å²) in [6.07, 6.45) is 5.57. The average molecular weight is 501 g/mol. The highest BCUT2D eigenvalue weighted by Crippen LogP contribution is 2.43. The van der Waals surface area contributed by atoms with Gasteiger partial charge in [-0.05, 0) is 44.3 Å². The first kappa shape index (κ1) is 32.9. The van der Waals surface area contributed by atoms with Gasteiger partial charge in [-0.25, -0.2) is 4.79 Å². The number of hydrogen-bond donors (Lipinski definition) is 1. The van der Waals surface area contributed by atoms with Crippen LogP contribution in [0.5, 0.6) is 0 Å². The van der Waals surface area contributed by atoms with Gasteiger partial charge in [0, 0.05) is 39.2 Å². The second kappa shape index (κ2) is 16.6. The lowest BCUT2D eigenvalue weighted by molar-refractivity contribution is -0.296. The Balaban J connectivity index is 6.13. The van der Waals surface area contributed by atoms with Gasteiger partial charge in [0.25, 0.3) is 0 Å². The van der Waals surface area contributed by atoms with E-state index in [1.54, 1.807) is 19.9 Å². The summed E-state index contributed by atoms with van der Waals surface area (Å²) in [6.45, 7) is 9.21. The monoisotopic (exact) mass is 500 g/mol. The number of aliphatic hydroxyl groups is 1. The van der Waals surface area contributed by atoms with Crippen LogP contribution in [-0.4, -0.2) is 75.4 Å². The molecule has 3 atom stereocenters. The van der Waals surface area contributed by atoms with Gasteiger partial charge < -0.3 is 28.8 Å². The molecule has 0 aromatic heterocycles. The fourth-order valence-corrected chi connectivity index (χ4v) is 3.88. The fourth-order valence-electron chi connectivity index (χ4n) is 3.88. The summed E-state index contributed by atoms with van der Waals surface area (Å²) in [5.41, 5.74) is -0.594. The van der Waals surface area contributed by atoms with Gasteiger partial charge in [0.2, 0.25) is 5.79 Å². The molecule has 0 saturated carbocycles. The van der Waals surface area contributed by atoms with Crippen LogP contribution >= 0.6 is 0 Å². The second-order valence-corrected chi connectivity index (χ2v) is 8.91. The Morgan fingerprint density at radius 2 is 1.71 bits per heavy atom. The largest absolute Gasteiger partial charge is 0.466 e. The molecule has 0 aliphatic rings. The molecule has 1 N–H and O–H groups in total. The Labute approximate surface area is 209 Å². The number of aliphatic hydroxyl groups excluding tert-OH is 1. The average Bonchev–Trinajstić information content (AvgIpc) is 2.81. The SMILES string of the molecule is CCCCO[C@H](C)[C@H](O)CCC/C(=C\C(=O)OC)[C@H](OC(C)=O)C(OC)(OC)C(C)(C)/C=C/C=O. The molecule has 0 heterocycles. The summed E-state index contributed by atoms with van der Waals surface area (Å²) in [4.78, 5) is 35.4. The third-order valence-corrected chi connectivity index (χ3v) is 5.95. The van der Waals surface area contributed by atoms with Gasteiger partial charge in [-0.15, -0.1) is 0 Å². The van der Waals surface area contributed by atoms with E-state index in [0.717, 1.165) is 12.8 Å². The number of carbonyl (C=O) groups is 3. The molecule has 0 radical (unpaired) electrons. The van der Waals surface area contributed by atoms with E-state index in [0.29, 0.717) is 31.3 Å². The summed E-state index contributed by atoms with van der Waals surface area (Å²) in [7, 11) is 4.03. The van der Waals surface area contributed by atoms with Crippen molar-refractivity contribution in [2.45, 2.75) is 90.8 Å². The van der Waals surface area contributed by atoms with E-state index >= 15 is 0 Å². The summed E-state index contributed by atoms with van der Waals surface area (Å²) in [5, 5.41) is 10.5. The van der Waals surface area contributed by atoms with E-state index in [4.69, 9.17) is 23.7 Å². The predicted octanol–water partition coefficient (Wildman–Crippen LogP) is 3.52. The van der Waals surface area contributed by atoms with Gasteiger partial charge in [-0.1, -0.05) is 33.3 Å². The second-order valence-electron chi connectivity index (χ2n) is 8.91. The van der Waals surface area contributed by atoms with Crippen molar-refractivity contribution in [2.24, 2.45) is 5.41 Å². The minimum Gasteiger partial charge on any atom is -0.466 e. The Morgan fingerprint density at radius 1 is 1.09 bits per heavy atom. The van der Waals surface area contributed by atoms with Crippen molar-refractivity contribution in [2.75, 3.05) is 27.9 Å². The summed E-state index contributed by atoms with van der Waals surface area (Å²) >= 11 is 0. The molecule has 0 aromatic carbocycles. The highest BCUT2D eigenvalue weighted by Gasteiger charge is 2.54. The molecule has 0 bridgehead atoms. The molecule has 202 valence electrons. The standard InChI is InChI=1S/C26H44O9/c1-9-10-17-34-19(2)22(29)14-11-13-21(18-23(30)31-6)24(35-20(3)28)26(32-7,33-8)25(4,5)15-12-16-27/h12,15-16,18-19,22,24,29H,9-11,13-14,17H2,1-8H3/b15-12+,21-18+/t19-,22-,24+/m1/s1. The zero-order valence-corrected chi connectivity index (χ0v) is 22.5. The van der Waals surface area contributed by atoms with Gasteiger partial charge in [-0.2, -0.15) is 0 Å². The molecule has 0 fully saturated rings. The lowest BCUT2D eigenvalue weighted by Crippen LogP contribution is -2.58. The highest BCUT2D eigenvalue weighted by atomic mass is 16.7. The van der Waals surface area contributed by atoms with Crippen molar-refractivity contribution in [3.63, 3.8) is 0 Å². The number of carbonyl (C=O) groups excluding carboxylic acids is 3. The van der Waals surface area contributed by atoms with E-state index in [1.165, 1.54) is 40.4 Å². The maximum atomic E-state index is 12.2. The van der Waals surface area contributed by atoms with E-state index in [9.17, 15) is 19.5 Å². The Morgan fingerprint density at radius 3 is 2.20 bits per heavy atom. The minimum absolute atomic E-state index is 0.272. The normalized spacial score (nSPS) is 15.5. The lowest BCUT2D eigenvalue weighted by Gasteiger charge is -2.47. The lowest BCUT2D eigenvalue weighted by atomic mass is 9.76. The Hall–Kier alpha value is -2.07. The first-order valence-corrected chi connectivity index (χ1v) is 11.9. The van der Waals surface area contributed by atoms with Crippen LogP contribution in [0.4, 0.5) is 0 Å². The van der Waals surface area contributed by atoms with Crippen LogP contribution in [-0.2, 0) is 38.1 Å². The van der Waals surface area contributed by atoms with Crippen molar-refractivity contribution in [1.29, 1.82) is 0 Å². The zero-order valence-electron chi connectivity index (χ0n) is 22.5. The first-order valence-electron chi connectivity index (χ1n) is 11.9. The van der Waals surface area contributed by atoms with Crippen LogP contribution < -0.4 is 0 Å². The summed E-state index contributed by atoms with van der Waals surface area (Å²) < 4.78 is 27.8. The Bertz CT molecular complexity index is 708. The van der Waals surface area contributed by atoms with Crippen LogP contribution in [0.25, 0.3) is 0 Å². The molecule has 0 aliphatic carbocycles. The van der Waals surface area contributed by atoms with Crippen molar-refractivity contribution < 1.29 is 43.2 Å². The maximum absolute atomic E-state index is 12.2. The van der Waals surface area contributed by atoms with Crippen molar-refractivity contribution in [1.82, 2.24) is 0 Å². The number of allylic oxidation sites excluding steroid dienone is 1. The predicted molar refractivity (Wildman–Crippen MR) is 132 cm³/mol. The topological polar surface area (TPSA) is 118 Å². The molecular weight excluding hydrogens is 456 g/mol. The van der Waals surface area contributed by atoms with Gasteiger partial charge in [0.1, 0.15) is 6.29 Å². The molecule has 0 aliphatic heterocycles. The molecule has 9 heteroatoms. The van der Waals surface area contributed by atoms with Crippen molar-refractivity contribution in [3.05, 3.63) is 23.8 Å². The number of ether oxygens (including phenoxy) is 5. The number of unbranched alkanes of at least 4 members (excludes halogenated alkanes) is 1. The number of hydrogen-bond acceptors (Lipinski definition) is 9. The molecule has 0 unspecified atom stereocenters. The van der Waals surface area contributed by atoms with Crippen molar-refractivity contribution >= 4 is 18.2 Å². The van der Waals surface area contributed by atoms with Gasteiger partial charge in [0.15, 0.2) is 6.10 Å². The maximum Gasteiger partial charge on any atom is 0.330 e. The Kier molecular flexibility index (Phi) is 15.6. The van der Waals surface area contributed by atoms with Crippen LogP contribution in [0, 0.1) is 5.41 Å². The number of methoxy groups -OCH3 is 3. The first-order chi connectivity index (χ1) is 16.5. The molecule has 35 heavy (non-hydrogen) atoms. The third-order valence-electron chi connectivity index (χ3n) is 5.95. The quantitative estimate of drug-likeness (QED) is 0.0991. The fraction of sp³-hybridized carbons (Fsp3) is 0.731. The van der Waals surface area contributed by atoms with Crippen LogP contribution in [0.15, 0.2) is 23.8 Å². The van der Waals surface area contributed by atoms with Gasteiger partial charge in [-0.3, -0.25) is 9.59 Å². The number of esters is 2. The molecule has 9 nitrogen and oxygen atoms in total. The summed E-state index contributed by atoms with van der Waals surface area (Å²) in [6, 6.07) is 0. The van der Waals surface area contributed by atoms with Gasteiger partial charge >= 0.3 is 11.9 Å². The zero-order chi connectivity index (χ0) is 27.1. The molecule has 0 amide bonds. The van der Waals surface area contributed by atoms with Crippen LogP contribution in [0.2, 0.25) is 0 Å². The highest BCUT2D eigenvalue weighted by molar-refractivity contribution is 5.83. The van der Waals surface area contributed by atoms with Crippen LogP contribution in [0.1, 0.15) is 66.7 Å². The van der Waals surface area contributed by atoms with Crippen molar-refractivity contribution in [3.8, 4) is 0 Å². The molecule has 0 aromatic rings. The minimum atomic E-state index is -1.59. The smallest absolute Gasteiger partial charge is 0.330 e. The number of rotatable bonds is 18. The van der Waals surface area contributed by atoms with E-state index in [-0.39, 0.29) is 12.5 Å².